The van der Waals surface area contributed by atoms with E-state index < -0.39 is 0 Å². The number of nitrogens with two attached hydrogens (primary N) is 1. The SMILES string of the molecule is COc1ccc(C(CN)C2CCCCC2C)c(OC)c1OC. The van der Waals surface area contributed by atoms with Gasteiger partial charge in [0.1, 0.15) is 0 Å². The molecule has 1 saturated carbocycles. The van der Waals surface area contributed by atoms with Gasteiger partial charge >= 0.3 is 0 Å². The van der Waals surface area contributed by atoms with Crippen LogP contribution in [-0.4, -0.2) is 27.9 Å². The first-order valence-electron chi connectivity index (χ1n) is 8.16. The summed E-state index contributed by atoms with van der Waals surface area (Å²) in [5.41, 5.74) is 7.30. The van der Waals surface area contributed by atoms with Crippen LogP contribution in [0, 0.1) is 11.8 Å². The zero-order valence-corrected chi connectivity index (χ0v) is 14.2. The van der Waals surface area contributed by atoms with E-state index in [2.05, 4.69) is 13.0 Å². The van der Waals surface area contributed by atoms with Crippen LogP contribution in [0.5, 0.6) is 17.2 Å². The summed E-state index contributed by atoms with van der Waals surface area (Å²) in [5, 5.41) is 0. The zero-order valence-electron chi connectivity index (χ0n) is 14.2. The number of benzene rings is 1. The third-order valence-electron chi connectivity index (χ3n) is 5.08. The normalized spacial score (nSPS) is 23.0. The molecule has 0 spiro atoms. The number of rotatable bonds is 6. The van der Waals surface area contributed by atoms with Gasteiger partial charge in [0.05, 0.1) is 21.3 Å². The second-order valence-corrected chi connectivity index (χ2v) is 6.19. The van der Waals surface area contributed by atoms with Crippen LogP contribution in [-0.2, 0) is 0 Å². The molecule has 0 heterocycles. The Labute approximate surface area is 133 Å². The molecule has 4 nitrogen and oxygen atoms in total. The Balaban J connectivity index is 2.44. The summed E-state index contributed by atoms with van der Waals surface area (Å²) in [4.78, 5) is 0. The molecule has 0 radical (unpaired) electrons. The molecule has 0 amide bonds. The molecule has 4 heteroatoms. The van der Waals surface area contributed by atoms with Crippen LogP contribution in [0.1, 0.15) is 44.1 Å². The zero-order chi connectivity index (χ0) is 16.1. The van der Waals surface area contributed by atoms with Crippen LogP contribution in [0.25, 0.3) is 0 Å². The molecule has 1 aromatic rings. The van der Waals surface area contributed by atoms with E-state index in [9.17, 15) is 0 Å². The summed E-state index contributed by atoms with van der Waals surface area (Å²) in [5.74, 6) is 3.70. The Kier molecular flexibility index (Phi) is 5.95. The van der Waals surface area contributed by atoms with Gasteiger partial charge in [0.2, 0.25) is 5.75 Å². The fourth-order valence-corrected chi connectivity index (χ4v) is 3.89. The van der Waals surface area contributed by atoms with Crippen LogP contribution < -0.4 is 19.9 Å². The van der Waals surface area contributed by atoms with Crippen LogP contribution in [0.15, 0.2) is 12.1 Å². The first-order valence-corrected chi connectivity index (χ1v) is 8.16. The Morgan fingerprint density at radius 1 is 1.05 bits per heavy atom. The second kappa shape index (κ2) is 7.73. The van der Waals surface area contributed by atoms with E-state index in [1.54, 1.807) is 21.3 Å². The third-order valence-corrected chi connectivity index (χ3v) is 5.08. The highest BCUT2D eigenvalue weighted by Gasteiger charge is 2.32. The van der Waals surface area contributed by atoms with Gasteiger partial charge in [-0.3, -0.25) is 0 Å². The molecule has 0 saturated heterocycles. The molecule has 1 aliphatic rings. The lowest BCUT2D eigenvalue weighted by Gasteiger charge is -2.36. The van der Waals surface area contributed by atoms with E-state index in [0.29, 0.717) is 35.8 Å². The topological polar surface area (TPSA) is 53.7 Å². The number of hydrogen-bond donors (Lipinski definition) is 1. The Bertz CT molecular complexity index is 489. The van der Waals surface area contributed by atoms with Gasteiger partial charge in [0.15, 0.2) is 11.5 Å². The molecule has 3 unspecified atom stereocenters. The maximum Gasteiger partial charge on any atom is 0.203 e. The van der Waals surface area contributed by atoms with Gasteiger partial charge in [-0.05, 0) is 30.9 Å². The molecule has 0 aromatic heterocycles. The average molecular weight is 307 g/mol. The van der Waals surface area contributed by atoms with Gasteiger partial charge in [-0.1, -0.05) is 32.3 Å². The van der Waals surface area contributed by atoms with E-state index in [-0.39, 0.29) is 0 Å². The molecular formula is C18H29NO3. The van der Waals surface area contributed by atoms with Crippen LogP contribution in [0.2, 0.25) is 0 Å². The lowest BCUT2D eigenvalue weighted by Crippen LogP contribution is -2.29. The molecule has 124 valence electrons. The smallest absolute Gasteiger partial charge is 0.203 e. The van der Waals surface area contributed by atoms with Gasteiger partial charge in [-0.2, -0.15) is 0 Å². The van der Waals surface area contributed by atoms with Crippen molar-refractivity contribution in [1.82, 2.24) is 0 Å². The molecule has 1 fully saturated rings. The molecule has 2 rings (SSSR count). The molecule has 0 aliphatic heterocycles. The minimum Gasteiger partial charge on any atom is -0.493 e. The predicted octanol–water partition coefficient (Wildman–Crippen LogP) is 3.58. The fourth-order valence-electron chi connectivity index (χ4n) is 3.89. The lowest BCUT2D eigenvalue weighted by molar-refractivity contribution is 0.215. The molecule has 2 N–H and O–H groups in total. The van der Waals surface area contributed by atoms with E-state index in [0.717, 1.165) is 11.3 Å². The van der Waals surface area contributed by atoms with Gasteiger partial charge in [0.25, 0.3) is 0 Å². The standard InChI is InChI=1S/C18H29NO3/c1-12-7-5-6-8-13(12)15(11-19)14-9-10-16(20-2)18(22-4)17(14)21-3/h9-10,12-13,15H,5-8,11,19H2,1-4H3. The quantitative estimate of drug-likeness (QED) is 0.872. The van der Waals surface area contributed by atoms with Crippen molar-refractivity contribution < 1.29 is 14.2 Å². The number of ether oxygens (including phenoxy) is 3. The summed E-state index contributed by atoms with van der Waals surface area (Å²) < 4.78 is 16.6. The minimum atomic E-state index is 0.296. The predicted molar refractivity (Wildman–Crippen MR) is 89.0 cm³/mol. The molecule has 1 aliphatic carbocycles. The van der Waals surface area contributed by atoms with E-state index in [1.807, 2.05) is 6.07 Å². The summed E-state index contributed by atoms with van der Waals surface area (Å²) in [6, 6.07) is 4.03. The highest BCUT2D eigenvalue weighted by Crippen LogP contribution is 2.47. The van der Waals surface area contributed by atoms with Gasteiger partial charge in [0, 0.05) is 11.5 Å². The van der Waals surface area contributed by atoms with Crippen molar-refractivity contribution in [3.63, 3.8) is 0 Å². The van der Waals surface area contributed by atoms with Crippen molar-refractivity contribution in [3.05, 3.63) is 17.7 Å². The van der Waals surface area contributed by atoms with Crippen LogP contribution >= 0.6 is 0 Å². The van der Waals surface area contributed by atoms with Crippen molar-refractivity contribution in [2.75, 3.05) is 27.9 Å². The summed E-state index contributed by atoms with van der Waals surface area (Å²) in [6.07, 6.45) is 5.15. The Hall–Kier alpha value is -1.42. The van der Waals surface area contributed by atoms with Gasteiger partial charge in [-0.15, -0.1) is 0 Å². The highest BCUT2D eigenvalue weighted by atomic mass is 16.5. The van der Waals surface area contributed by atoms with Crippen molar-refractivity contribution >= 4 is 0 Å². The third kappa shape index (κ3) is 3.17. The van der Waals surface area contributed by atoms with Crippen molar-refractivity contribution in [1.29, 1.82) is 0 Å². The summed E-state index contributed by atoms with van der Waals surface area (Å²) in [6.45, 7) is 2.97. The van der Waals surface area contributed by atoms with E-state index in [1.165, 1.54) is 25.7 Å². The molecular weight excluding hydrogens is 278 g/mol. The highest BCUT2D eigenvalue weighted by molar-refractivity contribution is 5.57. The average Bonchev–Trinajstić information content (AvgIpc) is 2.56. The maximum absolute atomic E-state index is 6.16. The first-order chi connectivity index (χ1) is 10.7. The maximum atomic E-state index is 6.16. The summed E-state index contributed by atoms with van der Waals surface area (Å²) in [7, 11) is 4.96. The minimum absolute atomic E-state index is 0.296. The van der Waals surface area contributed by atoms with Gasteiger partial charge in [-0.25, -0.2) is 0 Å². The largest absolute Gasteiger partial charge is 0.493 e. The van der Waals surface area contributed by atoms with Crippen LogP contribution in [0.3, 0.4) is 0 Å². The fraction of sp³-hybridized carbons (Fsp3) is 0.667. The Morgan fingerprint density at radius 3 is 2.27 bits per heavy atom. The van der Waals surface area contributed by atoms with Crippen LogP contribution in [0.4, 0.5) is 0 Å². The molecule has 0 bridgehead atoms. The number of methoxy groups -OCH3 is 3. The van der Waals surface area contributed by atoms with E-state index in [4.69, 9.17) is 19.9 Å². The van der Waals surface area contributed by atoms with Crippen molar-refractivity contribution in [2.45, 2.75) is 38.5 Å². The summed E-state index contributed by atoms with van der Waals surface area (Å²) >= 11 is 0. The van der Waals surface area contributed by atoms with Crippen molar-refractivity contribution in [3.8, 4) is 17.2 Å². The first kappa shape index (κ1) is 16.9. The van der Waals surface area contributed by atoms with E-state index >= 15 is 0 Å². The van der Waals surface area contributed by atoms with Gasteiger partial charge < -0.3 is 19.9 Å². The molecule has 22 heavy (non-hydrogen) atoms. The second-order valence-electron chi connectivity index (χ2n) is 6.19. The Morgan fingerprint density at radius 2 is 1.73 bits per heavy atom. The lowest BCUT2D eigenvalue weighted by atomic mass is 9.71. The molecule has 3 atom stereocenters. The van der Waals surface area contributed by atoms with Crippen molar-refractivity contribution in [2.24, 2.45) is 17.6 Å². The number of hydrogen-bond acceptors (Lipinski definition) is 4. The monoisotopic (exact) mass is 307 g/mol. The molecule has 1 aromatic carbocycles.